The Labute approximate surface area is 148 Å². The number of rotatable bonds is 5. The third-order valence-electron chi connectivity index (χ3n) is 5.19. The number of nitrogens with zero attached hydrogens (tertiary/aromatic N) is 2. The summed E-state index contributed by atoms with van der Waals surface area (Å²) in [6, 6.07) is 8.10. The molecular weight excluding hydrogens is 316 g/mol. The van der Waals surface area contributed by atoms with E-state index in [2.05, 4.69) is 9.88 Å². The van der Waals surface area contributed by atoms with Crippen LogP contribution in [0.15, 0.2) is 41.2 Å². The predicted octanol–water partition coefficient (Wildman–Crippen LogP) is 3.32. The van der Waals surface area contributed by atoms with E-state index in [0.29, 0.717) is 13.2 Å². The SMILES string of the molecule is Cc1cccc(CO[C@@H]2CO[C@@]3(CCCN(Cc4ccoc4)C3)C2)n1. The van der Waals surface area contributed by atoms with Gasteiger partial charge in [0.2, 0.25) is 0 Å². The quantitative estimate of drug-likeness (QED) is 0.834. The van der Waals surface area contributed by atoms with E-state index < -0.39 is 0 Å². The van der Waals surface area contributed by atoms with Gasteiger partial charge in [-0.1, -0.05) is 6.07 Å². The van der Waals surface area contributed by atoms with Gasteiger partial charge in [0.1, 0.15) is 0 Å². The van der Waals surface area contributed by atoms with E-state index in [9.17, 15) is 0 Å². The molecule has 0 amide bonds. The number of aryl methyl sites for hydroxylation is 1. The van der Waals surface area contributed by atoms with Crippen LogP contribution < -0.4 is 0 Å². The summed E-state index contributed by atoms with van der Waals surface area (Å²) in [5.74, 6) is 0. The van der Waals surface area contributed by atoms with Crippen LogP contribution in [-0.4, -0.2) is 41.3 Å². The van der Waals surface area contributed by atoms with E-state index in [4.69, 9.17) is 13.9 Å². The first-order chi connectivity index (χ1) is 12.2. The number of hydrogen-bond acceptors (Lipinski definition) is 5. The summed E-state index contributed by atoms with van der Waals surface area (Å²) < 4.78 is 17.5. The van der Waals surface area contributed by atoms with Crippen LogP contribution in [0.4, 0.5) is 0 Å². The summed E-state index contributed by atoms with van der Waals surface area (Å²) in [5.41, 5.74) is 3.20. The highest BCUT2D eigenvalue weighted by molar-refractivity contribution is 5.09. The average molecular weight is 342 g/mol. The molecule has 2 aromatic heterocycles. The number of aromatic nitrogens is 1. The monoisotopic (exact) mass is 342 g/mol. The first kappa shape index (κ1) is 16.8. The van der Waals surface area contributed by atoms with Crippen LogP contribution in [0.1, 0.15) is 36.2 Å². The highest BCUT2D eigenvalue weighted by Crippen LogP contribution is 2.36. The standard InChI is InChI=1S/C20H26N2O3/c1-16-4-2-5-18(21-16)13-24-19-10-20(25-14-19)7-3-8-22(15-20)11-17-6-9-23-12-17/h2,4-6,9,12,19H,3,7-8,10-11,13-15H2,1H3/t19-,20-/m0/s1. The van der Waals surface area contributed by atoms with Crippen LogP contribution in [0, 0.1) is 6.92 Å². The van der Waals surface area contributed by atoms with Crippen LogP contribution in [0.5, 0.6) is 0 Å². The molecule has 2 atom stereocenters. The maximum atomic E-state index is 6.25. The van der Waals surface area contributed by atoms with E-state index in [1.165, 1.54) is 12.0 Å². The molecule has 2 aromatic rings. The minimum Gasteiger partial charge on any atom is -0.472 e. The Morgan fingerprint density at radius 1 is 1.36 bits per heavy atom. The van der Waals surface area contributed by atoms with E-state index in [-0.39, 0.29) is 11.7 Å². The molecule has 5 heteroatoms. The molecule has 5 nitrogen and oxygen atoms in total. The van der Waals surface area contributed by atoms with Crippen molar-refractivity contribution in [2.75, 3.05) is 19.7 Å². The van der Waals surface area contributed by atoms with Gasteiger partial charge in [-0.15, -0.1) is 0 Å². The van der Waals surface area contributed by atoms with Crippen LogP contribution in [0.25, 0.3) is 0 Å². The first-order valence-electron chi connectivity index (χ1n) is 9.12. The summed E-state index contributed by atoms with van der Waals surface area (Å²) in [6.07, 6.45) is 7.00. The Morgan fingerprint density at radius 2 is 2.32 bits per heavy atom. The Kier molecular flexibility index (Phi) is 4.88. The van der Waals surface area contributed by atoms with Crippen LogP contribution in [0.2, 0.25) is 0 Å². The average Bonchev–Trinajstić information content (AvgIpc) is 3.24. The zero-order valence-corrected chi connectivity index (χ0v) is 14.8. The smallest absolute Gasteiger partial charge is 0.0947 e. The molecule has 2 saturated heterocycles. The molecular formula is C20H26N2O3. The van der Waals surface area contributed by atoms with Gasteiger partial charge in [0.05, 0.1) is 43.1 Å². The van der Waals surface area contributed by atoms with Crippen molar-refractivity contribution in [1.29, 1.82) is 0 Å². The normalized spacial score (nSPS) is 27.2. The molecule has 0 aromatic carbocycles. The van der Waals surface area contributed by atoms with E-state index in [1.54, 1.807) is 6.26 Å². The number of furan rings is 1. The van der Waals surface area contributed by atoms with E-state index in [0.717, 1.165) is 43.9 Å². The fourth-order valence-electron chi connectivity index (χ4n) is 4.04. The molecule has 0 radical (unpaired) electrons. The number of likely N-dealkylation sites (tertiary alicyclic amines) is 1. The van der Waals surface area contributed by atoms with Crippen LogP contribution in [-0.2, 0) is 22.6 Å². The second kappa shape index (κ2) is 7.28. The molecule has 0 saturated carbocycles. The van der Waals surface area contributed by atoms with E-state index >= 15 is 0 Å². The second-order valence-corrected chi connectivity index (χ2v) is 7.35. The lowest BCUT2D eigenvalue weighted by Gasteiger charge is -2.39. The van der Waals surface area contributed by atoms with Gasteiger partial charge in [-0.2, -0.15) is 0 Å². The van der Waals surface area contributed by atoms with Gasteiger partial charge in [-0.05, 0) is 44.5 Å². The molecule has 2 fully saturated rings. The van der Waals surface area contributed by atoms with Gasteiger partial charge < -0.3 is 13.9 Å². The minimum atomic E-state index is -0.0489. The summed E-state index contributed by atoms with van der Waals surface area (Å²) in [5, 5.41) is 0. The molecule has 0 unspecified atom stereocenters. The lowest BCUT2D eigenvalue weighted by atomic mass is 9.89. The number of piperidine rings is 1. The van der Waals surface area contributed by atoms with Crippen LogP contribution >= 0.6 is 0 Å². The van der Waals surface area contributed by atoms with Crippen molar-refractivity contribution in [2.24, 2.45) is 0 Å². The molecule has 2 aliphatic rings. The van der Waals surface area contributed by atoms with Gasteiger partial charge in [-0.3, -0.25) is 9.88 Å². The van der Waals surface area contributed by atoms with Crippen molar-refractivity contribution < 1.29 is 13.9 Å². The predicted molar refractivity (Wildman–Crippen MR) is 94.1 cm³/mol. The van der Waals surface area contributed by atoms with Crippen molar-refractivity contribution in [3.05, 3.63) is 53.7 Å². The molecule has 134 valence electrons. The number of hydrogen-bond donors (Lipinski definition) is 0. The third kappa shape index (κ3) is 4.11. The highest BCUT2D eigenvalue weighted by Gasteiger charge is 2.43. The fourth-order valence-corrected chi connectivity index (χ4v) is 4.04. The van der Waals surface area contributed by atoms with Gasteiger partial charge in [0.25, 0.3) is 0 Å². The molecule has 0 bridgehead atoms. The van der Waals surface area contributed by atoms with E-state index in [1.807, 2.05) is 37.5 Å². The summed E-state index contributed by atoms with van der Waals surface area (Å²) in [4.78, 5) is 6.98. The lowest BCUT2D eigenvalue weighted by molar-refractivity contribution is -0.0548. The zero-order chi connectivity index (χ0) is 17.1. The molecule has 4 heterocycles. The summed E-state index contributed by atoms with van der Waals surface area (Å²) in [7, 11) is 0. The molecule has 4 rings (SSSR count). The summed E-state index contributed by atoms with van der Waals surface area (Å²) >= 11 is 0. The fraction of sp³-hybridized carbons (Fsp3) is 0.550. The molecule has 2 aliphatic heterocycles. The molecule has 0 N–H and O–H groups in total. The molecule has 1 spiro atoms. The Morgan fingerprint density at radius 3 is 3.16 bits per heavy atom. The van der Waals surface area contributed by atoms with Gasteiger partial charge in [0, 0.05) is 30.8 Å². The minimum absolute atomic E-state index is 0.0489. The van der Waals surface area contributed by atoms with Crippen molar-refractivity contribution in [2.45, 2.75) is 51.0 Å². The number of ether oxygens (including phenoxy) is 2. The van der Waals surface area contributed by atoms with Gasteiger partial charge in [-0.25, -0.2) is 0 Å². The van der Waals surface area contributed by atoms with Crippen molar-refractivity contribution >= 4 is 0 Å². The largest absolute Gasteiger partial charge is 0.472 e. The van der Waals surface area contributed by atoms with Crippen LogP contribution in [0.3, 0.4) is 0 Å². The summed E-state index contributed by atoms with van der Waals surface area (Å²) in [6.45, 7) is 6.28. The van der Waals surface area contributed by atoms with Gasteiger partial charge >= 0.3 is 0 Å². The Balaban J connectivity index is 1.31. The molecule has 25 heavy (non-hydrogen) atoms. The maximum absolute atomic E-state index is 6.25. The molecule has 0 aliphatic carbocycles. The third-order valence-corrected chi connectivity index (χ3v) is 5.19. The van der Waals surface area contributed by atoms with Crippen molar-refractivity contribution in [3.63, 3.8) is 0 Å². The maximum Gasteiger partial charge on any atom is 0.0947 e. The highest BCUT2D eigenvalue weighted by atomic mass is 16.6. The number of pyridine rings is 1. The lowest BCUT2D eigenvalue weighted by Crippen LogP contribution is -2.47. The Hall–Kier alpha value is -1.69. The topological polar surface area (TPSA) is 47.7 Å². The van der Waals surface area contributed by atoms with Crippen molar-refractivity contribution in [3.8, 4) is 0 Å². The first-order valence-corrected chi connectivity index (χ1v) is 9.12. The zero-order valence-electron chi connectivity index (χ0n) is 14.8. The van der Waals surface area contributed by atoms with Gasteiger partial charge in [0.15, 0.2) is 0 Å². The van der Waals surface area contributed by atoms with Crippen molar-refractivity contribution in [1.82, 2.24) is 9.88 Å². The Bertz CT molecular complexity index is 688. The second-order valence-electron chi connectivity index (χ2n) is 7.35.